The number of hydrogen-bond acceptors (Lipinski definition) is 10. The van der Waals surface area contributed by atoms with Gasteiger partial charge in [-0.2, -0.15) is 13.8 Å². The molecule has 0 saturated heterocycles. The number of aryl methyl sites for hydroxylation is 1. The van der Waals surface area contributed by atoms with Crippen LogP contribution in [0, 0.1) is 0 Å². The van der Waals surface area contributed by atoms with E-state index in [2.05, 4.69) is 20.4 Å². The second-order valence-corrected chi connectivity index (χ2v) is 12.8. The second kappa shape index (κ2) is 8.31. The Bertz CT molecular complexity index is 1720. The molecule has 0 radical (unpaired) electrons. The van der Waals surface area contributed by atoms with Crippen molar-refractivity contribution in [1.29, 1.82) is 0 Å². The number of aromatic nitrogens is 4. The number of fused-ring (bicyclic) bond motifs is 3. The van der Waals surface area contributed by atoms with Gasteiger partial charge < -0.3 is 14.8 Å². The van der Waals surface area contributed by atoms with Gasteiger partial charge in [-0.3, -0.25) is 0 Å². The monoisotopic (exact) mass is 542 g/mol. The van der Waals surface area contributed by atoms with Crippen molar-refractivity contribution in [2.75, 3.05) is 28.3 Å². The summed E-state index contributed by atoms with van der Waals surface area (Å²) < 4.78 is 61.4. The van der Waals surface area contributed by atoms with Gasteiger partial charge >= 0.3 is 0 Å². The van der Waals surface area contributed by atoms with Gasteiger partial charge in [-0.1, -0.05) is 0 Å². The first-order valence-electron chi connectivity index (χ1n) is 11.3. The van der Waals surface area contributed by atoms with Crippen molar-refractivity contribution in [2.45, 2.75) is 18.9 Å². The van der Waals surface area contributed by atoms with Crippen LogP contribution in [0.1, 0.15) is 23.6 Å². The predicted octanol–water partition coefficient (Wildman–Crippen LogP) is 2.56. The van der Waals surface area contributed by atoms with E-state index in [4.69, 9.17) is 9.47 Å². The Balaban J connectivity index is 1.29. The van der Waals surface area contributed by atoms with Crippen molar-refractivity contribution in [3.05, 3.63) is 59.9 Å². The quantitative estimate of drug-likeness (QED) is 0.386. The number of nitrogens with one attached hydrogen (secondary N) is 1. The van der Waals surface area contributed by atoms with Crippen molar-refractivity contribution in [1.82, 2.24) is 19.7 Å². The molecule has 0 amide bonds. The highest BCUT2D eigenvalue weighted by atomic mass is 32.3. The summed E-state index contributed by atoms with van der Waals surface area (Å²) in [6.07, 6.45) is 6.82. The molecule has 1 aliphatic heterocycles. The molecule has 0 spiro atoms. The summed E-state index contributed by atoms with van der Waals surface area (Å²) in [5.74, 6) is 1.81. The van der Waals surface area contributed by atoms with Crippen LogP contribution in [0.25, 0.3) is 11.0 Å². The molecule has 1 aliphatic carbocycles. The lowest BCUT2D eigenvalue weighted by atomic mass is 10.1. The van der Waals surface area contributed by atoms with Gasteiger partial charge in [0.1, 0.15) is 0 Å². The Morgan fingerprint density at radius 3 is 2.41 bits per heavy atom. The summed E-state index contributed by atoms with van der Waals surface area (Å²) in [7, 11) is -8.05. The minimum absolute atomic E-state index is 0.00533. The third-order valence-electron chi connectivity index (χ3n) is 6.25. The average molecular weight is 543 g/mol. The Hall–Kier alpha value is -3.91. The largest absolute Gasteiger partial charge is 0.454 e. The van der Waals surface area contributed by atoms with E-state index in [0.717, 1.165) is 47.8 Å². The Morgan fingerprint density at radius 1 is 1.00 bits per heavy atom. The number of sulfonamides is 2. The second-order valence-electron chi connectivity index (χ2n) is 8.92. The number of ether oxygens (including phenoxy) is 2. The lowest BCUT2D eigenvalue weighted by molar-refractivity contribution is 0.174. The maximum Gasteiger partial charge on any atom is 0.245 e. The highest BCUT2D eigenvalue weighted by Crippen LogP contribution is 2.43. The van der Waals surface area contributed by atoms with Gasteiger partial charge in [0, 0.05) is 11.9 Å². The number of nitrogens with zero attached hydrogens (tertiary/aromatic N) is 5. The van der Waals surface area contributed by atoms with Crippen molar-refractivity contribution in [3.8, 4) is 11.5 Å². The molecule has 2 aromatic heterocycles. The van der Waals surface area contributed by atoms with E-state index in [9.17, 15) is 16.8 Å². The first-order valence-corrected chi connectivity index (χ1v) is 15.0. The van der Waals surface area contributed by atoms with Gasteiger partial charge in [0.15, 0.2) is 17.1 Å². The zero-order chi connectivity index (χ0) is 25.9. The molecule has 0 bridgehead atoms. The molecule has 1 atom stereocenters. The summed E-state index contributed by atoms with van der Waals surface area (Å²) in [5.41, 5.74) is 3.53. The molecule has 0 saturated carbocycles. The highest BCUT2D eigenvalue weighted by Gasteiger charge is 2.30. The van der Waals surface area contributed by atoms with E-state index < -0.39 is 20.0 Å². The molecule has 14 heteroatoms. The van der Waals surface area contributed by atoms with Crippen LogP contribution in [0.2, 0.25) is 0 Å². The van der Waals surface area contributed by atoms with Gasteiger partial charge in [0.05, 0.1) is 35.8 Å². The van der Waals surface area contributed by atoms with Crippen LogP contribution in [-0.2, 0) is 26.5 Å². The fraction of sp³-hybridized carbons (Fsp3) is 0.261. The van der Waals surface area contributed by atoms with Crippen LogP contribution in [0.4, 0.5) is 17.3 Å². The molecule has 1 unspecified atom stereocenters. The van der Waals surface area contributed by atoms with E-state index >= 15 is 0 Å². The third-order valence-corrected chi connectivity index (χ3v) is 9.50. The summed E-state index contributed by atoms with van der Waals surface area (Å²) in [5, 5.41) is 8.46. The van der Waals surface area contributed by atoms with Gasteiger partial charge in [-0.25, -0.2) is 26.5 Å². The number of rotatable bonds is 6. The molecule has 2 aliphatic rings. The van der Waals surface area contributed by atoms with Crippen LogP contribution in [0.15, 0.2) is 48.8 Å². The number of benzene rings is 2. The maximum absolute atomic E-state index is 12.0. The number of anilines is 3. The standard InChI is InChI=1S/C23H22N6O6S2/c1-36(30,31)29(37(2,32)33)17-6-4-16(5-7-17)26-23-24-11-15-12-25-28(22(15)27-23)19-8-3-14-9-20-21(10-18(14)19)35-13-34-20/h4-7,9-12,19H,3,8,13H2,1-2H3,(H,24,26,27). The molecular weight excluding hydrogens is 520 g/mol. The van der Waals surface area contributed by atoms with Crippen molar-refractivity contribution < 1.29 is 26.3 Å². The fourth-order valence-electron chi connectivity index (χ4n) is 4.78. The molecule has 1 N–H and O–H groups in total. The first kappa shape index (κ1) is 23.5. The summed E-state index contributed by atoms with van der Waals surface area (Å²) in [6, 6.07) is 9.94. The van der Waals surface area contributed by atoms with E-state index in [0.29, 0.717) is 21.0 Å². The molecule has 12 nitrogen and oxygen atoms in total. The Morgan fingerprint density at radius 2 is 1.70 bits per heavy atom. The topological polar surface area (TPSA) is 146 Å². The van der Waals surface area contributed by atoms with Crippen LogP contribution in [0.5, 0.6) is 11.5 Å². The lowest BCUT2D eigenvalue weighted by Gasteiger charge is -2.20. The average Bonchev–Trinajstić information content (AvgIpc) is 3.54. The van der Waals surface area contributed by atoms with Gasteiger partial charge in [0.25, 0.3) is 0 Å². The third kappa shape index (κ3) is 4.21. The fourth-order valence-corrected chi connectivity index (χ4v) is 7.75. The van der Waals surface area contributed by atoms with Crippen molar-refractivity contribution in [2.24, 2.45) is 0 Å². The minimum Gasteiger partial charge on any atom is -0.454 e. The van der Waals surface area contributed by atoms with Gasteiger partial charge in [-0.15, -0.1) is 0 Å². The van der Waals surface area contributed by atoms with Crippen molar-refractivity contribution >= 4 is 48.4 Å². The van der Waals surface area contributed by atoms with Crippen LogP contribution in [0.3, 0.4) is 0 Å². The predicted molar refractivity (Wildman–Crippen MR) is 136 cm³/mol. The number of hydrogen-bond donors (Lipinski definition) is 1. The van der Waals surface area contributed by atoms with E-state index in [-0.39, 0.29) is 18.5 Å². The molecule has 0 fully saturated rings. The zero-order valence-electron chi connectivity index (χ0n) is 19.8. The molecule has 6 rings (SSSR count). The minimum atomic E-state index is -4.03. The lowest BCUT2D eigenvalue weighted by Crippen LogP contribution is -2.35. The summed E-state index contributed by atoms with van der Waals surface area (Å²) in [6.45, 7) is 0.220. The van der Waals surface area contributed by atoms with E-state index in [1.165, 1.54) is 17.7 Å². The van der Waals surface area contributed by atoms with E-state index in [1.807, 2.05) is 16.8 Å². The smallest absolute Gasteiger partial charge is 0.245 e. The molecular formula is C23H22N6O6S2. The van der Waals surface area contributed by atoms with Crippen LogP contribution >= 0.6 is 0 Å². The first-order chi connectivity index (χ1) is 17.6. The van der Waals surface area contributed by atoms with Crippen molar-refractivity contribution in [3.63, 3.8) is 0 Å². The molecule has 192 valence electrons. The Labute approximate surface area is 213 Å². The molecule has 3 heterocycles. The maximum atomic E-state index is 12.0. The normalized spacial score (nSPS) is 16.6. The summed E-state index contributed by atoms with van der Waals surface area (Å²) in [4.78, 5) is 9.03. The Kier molecular flexibility index (Phi) is 5.28. The molecule has 2 aromatic carbocycles. The van der Waals surface area contributed by atoms with Crippen LogP contribution in [-0.4, -0.2) is 55.9 Å². The SMILES string of the molecule is CS(=O)(=O)N(c1ccc(Nc2ncc3cnn(C4CCc5cc6c(cc54)OCO6)c3n2)cc1)S(C)(=O)=O. The van der Waals surface area contributed by atoms with Gasteiger partial charge in [-0.05, 0) is 60.4 Å². The van der Waals surface area contributed by atoms with Gasteiger partial charge in [0.2, 0.25) is 32.8 Å². The zero-order valence-corrected chi connectivity index (χ0v) is 21.5. The van der Waals surface area contributed by atoms with Crippen LogP contribution < -0.4 is 18.5 Å². The highest BCUT2D eigenvalue weighted by molar-refractivity contribution is 8.09. The van der Waals surface area contributed by atoms with E-state index in [1.54, 1.807) is 24.5 Å². The molecule has 4 aromatic rings. The summed E-state index contributed by atoms with van der Waals surface area (Å²) >= 11 is 0. The molecule has 37 heavy (non-hydrogen) atoms.